The van der Waals surface area contributed by atoms with Crippen LogP contribution in [-0.4, -0.2) is 37.2 Å². The van der Waals surface area contributed by atoms with Gasteiger partial charge in [-0.15, -0.1) is 24.0 Å². The average Bonchev–Trinajstić information content (AvgIpc) is 2.71. The lowest BCUT2D eigenvalue weighted by Crippen LogP contribution is -2.37. The van der Waals surface area contributed by atoms with Crippen molar-refractivity contribution < 1.29 is 13.9 Å². The minimum atomic E-state index is -0.301. The van der Waals surface area contributed by atoms with Gasteiger partial charge in [-0.1, -0.05) is 0 Å². The molecule has 6 nitrogen and oxygen atoms in total. The SMILES string of the molecule is CCNC(=NCc1ccnc(Oc2ccc(F)cc2)c1)NCCCCOCC.I. The summed E-state index contributed by atoms with van der Waals surface area (Å²) in [5.41, 5.74) is 0.973. The van der Waals surface area contributed by atoms with Crippen LogP contribution in [0.15, 0.2) is 47.6 Å². The number of hydrogen-bond donors (Lipinski definition) is 2. The number of aromatic nitrogens is 1. The maximum absolute atomic E-state index is 13.0. The molecule has 0 bridgehead atoms. The Morgan fingerprint density at radius 3 is 2.62 bits per heavy atom. The minimum absolute atomic E-state index is 0. The quantitative estimate of drug-likeness (QED) is 0.199. The van der Waals surface area contributed by atoms with Crippen LogP contribution in [0.2, 0.25) is 0 Å². The number of aliphatic imine (C=N–C) groups is 1. The van der Waals surface area contributed by atoms with E-state index in [1.54, 1.807) is 18.3 Å². The van der Waals surface area contributed by atoms with Crippen LogP contribution in [0.3, 0.4) is 0 Å². The zero-order chi connectivity index (χ0) is 20.0. The maximum atomic E-state index is 13.0. The van der Waals surface area contributed by atoms with E-state index >= 15 is 0 Å². The molecule has 0 fully saturated rings. The topological polar surface area (TPSA) is 67.8 Å². The Hall–Kier alpha value is -1.94. The van der Waals surface area contributed by atoms with Gasteiger partial charge in [0.25, 0.3) is 0 Å². The number of nitrogens with zero attached hydrogens (tertiary/aromatic N) is 2. The second-order valence-corrected chi connectivity index (χ2v) is 6.08. The fourth-order valence-electron chi connectivity index (χ4n) is 2.42. The lowest BCUT2D eigenvalue weighted by atomic mass is 10.2. The summed E-state index contributed by atoms with van der Waals surface area (Å²) in [4.78, 5) is 8.81. The number of nitrogens with one attached hydrogen (secondary N) is 2. The first-order valence-electron chi connectivity index (χ1n) is 9.69. The van der Waals surface area contributed by atoms with Crippen molar-refractivity contribution in [1.29, 1.82) is 0 Å². The van der Waals surface area contributed by atoms with Crippen molar-refractivity contribution in [3.05, 3.63) is 54.0 Å². The summed E-state index contributed by atoms with van der Waals surface area (Å²) in [5, 5.41) is 6.57. The molecule has 0 saturated heterocycles. The Labute approximate surface area is 189 Å². The predicted octanol–water partition coefficient (Wildman–Crippen LogP) is 4.50. The van der Waals surface area contributed by atoms with Gasteiger partial charge in [-0.3, -0.25) is 0 Å². The molecule has 2 aromatic rings. The number of rotatable bonds is 11. The number of guanidine groups is 1. The molecule has 0 atom stereocenters. The van der Waals surface area contributed by atoms with Gasteiger partial charge in [0, 0.05) is 38.6 Å². The van der Waals surface area contributed by atoms with E-state index in [4.69, 9.17) is 9.47 Å². The monoisotopic (exact) mass is 516 g/mol. The number of ether oxygens (including phenoxy) is 2. The third-order valence-corrected chi connectivity index (χ3v) is 3.81. The van der Waals surface area contributed by atoms with Gasteiger partial charge in [0.05, 0.1) is 6.54 Å². The van der Waals surface area contributed by atoms with Crippen LogP contribution >= 0.6 is 24.0 Å². The summed E-state index contributed by atoms with van der Waals surface area (Å²) in [6.07, 6.45) is 3.72. The molecule has 0 spiro atoms. The zero-order valence-electron chi connectivity index (χ0n) is 17.0. The molecule has 0 amide bonds. The van der Waals surface area contributed by atoms with Crippen LogP contribution in [0.4, 0.5) is 4.39 Å². The van der Waals surface area contributed by atoms with E-state index in [9.17, 15) is 4.39 Å². The lowest BCUT2D eigenvalue weighted by molar-refractivity contribution is 0.143. The Morgan fingerprint density at radius 1 is 1.10 bits per heavy atom. The first-order chi connectivity index (χ1) is 13.7. The summed E-state index contributed by atoms with van der Waals surface area (Å²) in [6.45, 7) is 7.72. The highest BCUT2D eigenvalue weighted by molar-refractivity contribution is 14.0. The van der Waals surface area contributed by atoms with E-state index < -0.39 is 0 Å². The minimum Gasteiger partial charge on any atom is -0.439 e. The van der Waals surface area contributed by atoms with Gasteiger partial charge in [0.15, 0.2) is 5.96 Å². The van der Waals surface area contributed by atoms with E-state index in [-0.39, 0.29) is 29.8 Å². The van der Waals surface area contributed by atoms with E-state index in [1.165, 1.54) is 12.1 Å². The van der Waals surface area contributed by atoms with E-state index in [2.05, 4.69) is 20.6 Å². The maximum Gasteiger partial charge on any atom is 0.219 e. The highest BCUT2D eigenvalue weighted by Crippen LogP contribution is 2.20. The fraction of sp³-hybridized carbons (Fsp3) is 0.429. The van der Waals surface area contributed by atoms with Gasteiger partial charge in [-0.2, -0.15) is 0 Å². The third-order valence-electron chi connectivity index (χ3n) is 3.81. The van der Waals surface area contributed by atoms with Gasteiger partial charge in [0.2, 0.25) is 5.88 Å². The van der Waals surface area contributed by atoms with Gasteiger partial charge >= 0.3 is 0 Å². The summed E-state index contributed by atoms with van der Waals surface area (Å²) >= 11 is 0. The molecule has 0 saturated carbocycles. The fourth-order valence-corrected chi connectivity index (χ4v) is 2.42. The first-order valence-corrected chi connectivity index (χ1v) is 9.69. The van der Waals surface area contributed by atoms with Crippen LogP contribution < -0.4 is 15.4 Å². The van der Waals surface area contributed by atoms with Crippen molar-refractivity contribution in [1.82, 2.24) is 15.6 Å². The second kappa shape index (κ2) is 15.0. The Balaban J connectivity index is 0.00000420. The number of unbranched alkanes of at least 4 members (excludes halogenated alkanes) is 1. The number of benzene rings is 1. The normalized spacial score (nSPS) is 10.9. The van der Waals surface area contributed by atoms with Crippen molar-refractivity contribution >= 4 is 29.9 Å². The van der Waals surface area contributed by atoms with Crippen LogP contribution in [0.5, 0.6) is 11.6 Å². The largest absolute Gasteiger partial charge is 0.439 e. The summed E-state index contributed by atoms with van der Waals surface area (Å²) < 4.78 is 24.0. The predicted molar refractivity (Wildman–Crippen MR) is 125 cm³/mol. The van der Waals surface area contributed by atoms with Crippen molar-refractivity contribution in [2.75, 3.05) is 26.3 Å². The van der Waals surface area contributed by atoms with Crippen molar-refractivity contribution in [3.63, 3.8) is 0 Å². The highest BCUT2D eigenvalue weighted by atomic mass is 127. The molecule has 0 aliphatic heterocycles. The second-order valence-electron chi connectivity index (χ2n) is 6.08. The lowest BCUT2D eigenvalue weighted by Gasteiger charge is -2.11. The molecule has 2 N–H and O–H groups in total. The Bertz CT molecular complexity index is 729. The number of pyridine rings is 1. The molecule has 160 valence electrons. The molecule has 0 radical (unpaired) electrons. The van der Waals surface area contributed by atoms with E-state index in [0.29, 0.717) is 18.2 Å². The average molecular weight is 516 g/mol. The smallest absolute Gasteiger partial charge is 0.219 e. The highest BCUT2D eigenvalue weighted by Gasteiger charge is 2.02. The molecule has 0 aliphatic rings. The van der Waals surface area contributed by atoms with Gasteiger partial charge in [0.1, 0.15) is 11.6 Å². The van der Waals surface area contributed by atoms with Crippen molar-refractivity contribution in [3.8, 4) is 11.6 Å². The summed E-state index contributed by atoms with van der Waals surface area (Å²) in [5.74, 6) is 1.46. The molecule has 0 unspecified atom stereocenters. The molecule has 1 aromatic carbocycles. The summed E-state index contributed by atoms with van der Waals surface area (Å²) in [7, 11) is 0. The van der Waals surface area contributed by atoms with Crippen molar-refractivity contribution in [2.24, 2.45) is 4.99 Å². The summed E-state index contributed by atoms with van der Waals surface area (Å²) in [6, 6.07) is 9.57. The Morgan fingerprint density at radius 2 is 1.90 bits per heavy atom. The van der Waals surface area contributed by atoms with E-state index in [1.807, 2.05) is 26.0 Å². The van der Waals surface area contributed by atoms with Crippen molar-refractivity contribution in [2.45, 2.75) is 33.2 Å². The molecular formula is C21H30FIN4O2. The number of halogens is 2. The first kappa shape index (κ1) is 25.1. The van der Waals surface area contributed by atoms with Crippen LogP contribution in [0, 0.1) is 5.82 Å². The van der Waals surface area contributed by atoms with Gasteiger partial charge in [-0.25, -0.2) is 14.4 Å². The van der Waals surface area contributed by atoms with Gasteiger partial charge < -0.3 is 20.1 Å². The molecule has 2 rings (SSSR count). The van der Waals surface area contributed by atoms with Crippen LogP contribution in [0.25, 0.3) is 0 Å². The third kappa shape index (κ3) is 10.4. The molecule has 8 heteroatoms. The van der Waals surface area contributed by atoms with Crippen LogP contribution in [0.1, 0.15) is 32.3 Å². The Kier molecular flexibility index (Phi) is 13.0. The van der Waals surface area contributed by atoms with Gasteiger partial charge in [-0.05, 0) is 62.6 Å². The molecule has 29 heavy (non-hydrogen) atoms. The van der Waals surface area contributed by atoms with Crippen LogP contribution in [-0.2, 0) is 11.3 Å². The number of hydrogen-bond acceptors (Lipinski definition) is 4. The van der Waals surface area contributed by atoms with E-state index in [0.717, 1.165) is 50.7 Å². The molecule has 0 aliphatic carbocycles. The standard InChI is InChI=1S/C21H29FN4O2.HI/c1-3-23-21(25-12-5-6-14-27-4-2)26-16-17-11-13-24-20(15-17)28-19-9-7-18(22)8-10-19;/h7-11,13,15H,3-6,12,14,16H2,1-2H3,(H2,23,25,26);1H. The molecule has 1 heterocycles. The zero-order valence-corrected chi connectivity index (χ0v) is 19.3. The molecule has 1 aromatic heterocycles. The molecular weight excluding hydrogens is 486 g/mol.